The summed E-state index contributed by atoms with van der Waals surface area (Å²) in [6.07, 6.45) is 4.19. The van der Waals surface area contributed by atoms with Gasteiger partial charge in [0.05, 0.1) is 33.3 Å². The number of amides is 2. The number of thiophene rings is 1. The average Bonchev–Trinajstić information content (AvgIpc) is 3.35. The second-order valence-electron chi connectivity index (χ2n) is 6.69. The van der Waals surface area contributed by atoms with Crippen molar-refractivity contribution < 1.29 is 9.59 Å². The fraction of sp³-hybridized carbons (Fsp3) is 0.263. The summed E-state index contributed by atoms with van der Waals surface area (Å²) in [5, 5.41) is 11.0. The van der Waals surface area contributed by atoms with Crippen LogP contribution in [0.1, 0.15) is 34.6 Å². The number of nitrogen functional groups attached to an aromatic ring is 1. The highest BCUT2D eigenvalue weighted by molar-refractivity contribution is 7.17. The first-order chi connectivity index (χ1) is 14.0. The van der Waals surface area contributed by atoms with E-state index in [-0.39, 0.29) is 18.4 Å². The van der Waals surface area contributed by atoms with Gasteiger partial charge in [-0.1, -0.05) is 16.8 Å². The zero-order valence-corrected chi connectivity index (χ0v) is 17.0. The Hall–Kier alpha value is -2.91. The number of piperidine rings is 1. The van der Waals surface area contributed by atoms with Crippen LogP contribution in [0.25, 0.3) is 5.69 Å². The smallest absolute Gasteiger partial charge is 0.261 e. The highest BCUT2D eigenvalue weighted by Crippen LogP contribution is 2.27. The second-order valence-corrected chi connectivity index (χ2v) is 8.40. The van der Waals surface area contributed by atoms with E-state index in [4.69, 9.17) is 17.3 Å². The molecule has 8 nitrogen and oxygen atoms in total. The van der Waals surface area contributed by atoms with Crippen LogP contribution in [0.2, 0.25) is 4.34 Å². The lowest BCUT2D eigenvalue weighted by Crippen LogP contribution is -2.35. The molecule has 29 heavy (non-hydrogen) atoms. The summed E-state index contributed by atoms with van der Waals surface area (Å²) in [4.78, 5) is 26.5. The lowest BCUT2D eigenvalue weighted by molar-refractivity contribution is -0.119. The Kier molecular flexibility index (Phi) is 5.50. The number of anilines is 2. The van der Waals surface area contributed by atoms with Gasteiger partial charge in [-0.05, 0) is 43.2 Å². The second kappa shape index (κ2) is 8.22. The standard InChI is InChI=1S/C19H19ClN6O2S/c20-17-7-6-16(29-17)19(28)22-10-12-11-26(24-23-12)15-5-4-13(9-14(15)21)25-8-2-1-3-18(25)27/h4-7,9,11H,1-3,8,10,21H2,(H,22,28). The highest BCUT2D eigenvalue weighted by Gasteiger charge is 2.20. The van der Waals surface area contributed by atoms with E-state index in [1.54, 1.807) is 34.0 Å². The van der Waals surface area contributed by atoms with Crippen LogP contribution in [-0.2, 0) is 11.3 Å². The van der Waals surface area contributed by atoms with Crippen LogP contribution >= 0.6 is 22.9 Å². The van der Waals surface area contributed by atoms with Crippen LogP contribution in [-0.4, -0.2) is 33.4 Å². The minimum absolute atomic E-state index is 0.120. The average molecular weight is 431 g/mol. The summed E-state index contributed by atoms with van der Waals surface area (Å²) in [6.45, 7) is 0.939. The van der Waals surface area contributed by atoms with Gasteiger partial charge in [-0.2, -0.15) is 0 Å². The highest BCUT2D eigenvalue weighted by atomic mass is 35.5. The van der Waals surface area contributed by atoms with Crippen molar-refractivity contribution in [2.24, 2.45) is 0 Å². The molecule has 2 aromatic heterocycles. The molecule has 150 valence electrons. The molecular weight excluding hydrogens is 412 g/mol. The molecule has 3 N–H and O–H groups in total. The van der Waals surface area contributed by atoms with Crippen molar-refractivity contribution in [2.75, 3.05) is 17.2 Å². The van der Waals surface area contributed by atoms with Gasteiger partial charge in [-0.3, -0.25) is 9.59 Å². The summed E-state index contributed by atoms with van der Waals surface area (Å²) in [5.41, 5.74) is 8.75. The molecule has 1 fully saturated rings. The maximum Gasteiger partial charge on any atom is 0.261 e. The maximum atomic E-state index is 12.1. The van der Waals surface area contributed by atoms with Gasteiger partial charge in [0.25, 0.3) is 5.91 Å². The quantitative estimate of drug-likeness (QED) is 0.605. The Morgan fingerprint density at radius 2 is 2.14 bits per heavy atom. The monoisotopic (exact) mass is 430 g/mol. The van der Waals surface area contributed by atoms with Gasteiger partial charge < -0.3 is 16.0 Å². The van der Waals surface area contributed by atoms with Crippen LogP contribution in [0.15, 0.2) is 36.5 Å². The van der Waals surface area contributed by atoms with E-state index in [1.807, 2.05) is 12.1 Å². The van der Waals surface area contributed by atoms with E-state index in [9.17, 15) is 9.59 Å². The predicted molar refractivity (Wildman–Crippen MR) is 112 cm³/mol. The minimum Gasteiger partial charge on any atom is -0.397 e. The van der Waals surface area contributed by atoms with Gasteiger partial charge in [0.2, 0.25) is 5.91 Å². The molecule has 0 saturated carbocycles. The molecule has 1 aliphatic heterocycles. The molecule has 0 aliphatic carbocycles. The zero-order valence-electron chi connectivity index (χ0n) is 15.5. The molecule has 3 aromatic rings. The SMILES string of the molecule is Nc1cc(N2CCCCC2=O)ccc1-n1cc(CNC(=O)c2ccc(Cl)s2)nn1. The van der Waals surface area contributed by atoms with Crippen LogP contribution in [0.4, 0.5) is 11.4 Å². The summed E-state index contributed by atoms with van der Waals surface area (Å²) < 4.78 is 2.12. The topological polar surface area (TPSA) is 106 Å². The normalized spacial score (nSPS) is 14.2. The number of rotatable bonds is 5. The molecule has 3 heterocycles. The van der Waals surface area contributed by atoms with Gasteiger partial charge in [0, 0.05) is 18.7 Å². The molecule has 2 amide bonds. The lowest BCUT2D eigenvalue weighted by Gasteiger charge is -2.27. The molecule has 0 atom stereocenters. The van der Waals surface area contributed by atoms with Gasteiger partial charge >= 0.3 is 0 Å². The van der Waals surface area contributed by atoms with Crippen LogP contribution in [0.5, 0.6) is 0 Å². The summed E-state index contributed by atoms with van der Waals surface area (Å²) in [7, 11) is 0. The van der Waals surface area contributed by atoms with E-state index >= 15 is 0 Å². The van der Waals surface area contributed by atoms with Crippen LogP contribution in [0.3, 0.4) is 0 Å². The van der Waals surface area contributed by atoms with E-state index in [1.165, 1.54) is 11.3 Å². The number of aromatic nitrogens is 3. The van der Waals surface area contributed by atoms with Gasteiger partial charge in [0.15, 0.2) is 0 Å². The summed E-state index contributed by atoms with van der Waals surface area (Å²) >= 11 is 7.07. The number of hydrogen-bond donors (Lipinski definition) is 2. The van der Waals surface area contributed by atoms with Crippen LogP contribution in [0, 0.1) is 0 Å². The third-order valence-corrected chi connectivity index (χ3v) is 5.89. The number of benzene rings is 1. The minimum atomic E-state index is -0.216. The Bertz CT molecular complexity index is 1060. The molecule has 10 heteroatoms. The summed E-state index contributed by atoms with van der Waals surface area (Å²) in [6, 6.07) is 8.81. The largest absolute Gasteiger partial charge is 0.397 e. The van der Waals surface area contributed by atoms with Crippen molar-refractivity contribution >= 4 is 46.1 Å². The van der Waals surface area contributed by atoms with Crippen molar-refractivity contribution in [3.05, 3.63) is 51.4 Å². The number of nitrogens with two attached hydrogens (primary N) is 1. The number of halogens is 1. The molecule has 1 saturated heterocycles. The molecule has 1 aromatic carbocycles. The first-order valence-corrected chi connectivity index (χ1v) is 10.4. The van der Waals surface area contributed by atoms with Crippen LogP contribution < -0.4 is 16.0 Å². The number of nitrogens with zero attached hydrogens (tertiary/aromatic N) is 4. The van der Waals surface area contributed by atoms with Crippen molar-refractivity contribution in [1.82, 2.24) is 20.3 Å². The van der Waals surface area contributed by atoms with E-state index in [2.05, 4.69) is 15.6 Å². The van der Waals surface area contributed by atoms with Crippen molar-refractivity contribution in [1.29, 1.82) is 0 Å². The third-order valence-electron chi connectivity index (χ3n) is 4.66. The predicted octanol–water partition coefficient (Wildman–Crippen LogP) is 3.01. The number of hydrogen-bond acceptors (Lipinski definition) is 6. The third kappa shape index (κ3) is 4.25. The Morgan fingerprint density at radius 3 is 2.86 bits per heavy atom. The van der Waals surface area contributed by atoms with Gasteiger partial charge in [-0.25, -0.2) is 4.68 Å². The Morgan fingerprint density at radius 1 is 1.28 bits per heavy atom. The number of carbonyl (C=O) groups excluding carboxylic acids is 2. The molecule has 0 radical (unpaired) electrons. The zero-order chi connectivity index (χ0) is 20.4. The van der Waals surface area contributed by atoms with E-state index < -0.39 is 0 Å². The Labute approximate surface area is 176 Å². The summed E-state index contributed by atoms with van der Waals surface area (Å²) in [5.74, 6) is -0.0965. The van der Waals surface area contributed by atoms with E-state index in [0.29, 0.717) is 39.2 Å². The van der Waals surface area contributed by atoms with E-state index in [0.717, 1.165) is 18.5 Å². The van der Waals surface area contributed by atoms with Gasteiger partial charge in [0.1, 0.15) is 5.69 Å². The van der Waals surface area contributed by atoms with Gasteiger partial charge in [-0.15, -0.1) is 16.4 Å². The van der Waals surface area contributed by atoms with Crippen molar-refractivity contribution in [2.45, 2.75) is 25.8 Å². The molecule has 4 rings (SSSR count). The molecule has 0 unspecified atom stereocenters. The molecular formula is C19H19ClN6O2S. The molecule has 0 bridgehead atoms. The fourth-order valence-corrected chi connectivity index (χ4v) is 4.15. The number of nitrogens with one attached hydrogen (secondary N) is 1. The van der Waals surface area contributed by atoms with Crippen molar-refractivity contribution in [3.8, 4) is 5.69 Å². The lowest BCUT2D eigenvalue weighted by atomic mass is 10.1. The number of carbonyl (C=O) groups is 2. The first-order valence-electron chi connectivity index (χ1n) is 9.16. The maximum absolute atomic E-state index is 12.1. The molecule has 0 spiro atoms. The fourth-order valence-electron chi connectivity index (χ4n) is 3.19. The first kappa shape index (κ1) is 19.4. The molecule has 1 aliphatic rings. The Balaban J connectivity index is 1.45. The van der Waals surface area contributed by atoms with Crippen molar-refractivity contribution in [3.63, 3.8) is 0 Å².